The lowest BCUT2D eigenvalue weighted by molar-refractivity contribution is -0.142. The highest BCUT2D eigenvalue weighted by atomic mass is 16.4. The predicted octanol–water partition coefficient (Wildman–Crippen LogP) is 2.12. The van der Waals surface area contributed by atoms with Gasteiger partial charge in [-0.3, -0.25) is 9.59 Å². The van der Waals surface area contributed by atoms with Crippen LogP contribution in [0.2, 0.25) is 0 Å². The Balaban J connectivity index is 2.05. The van der Waals surface area contributed by atoms with E-state index < -0.39 is 11.9 Å². The number of aryl methyl sites for hydroxylation is 1. The first-order valence-electron chi connectivity index (χ1n) is 7.33. The maximum Gasteiger partial charge on any atom is 0.308 e. The number of carboxylic acid groups (broad SMARTS) is 1. The molecule has 1 amide bonds. The summed E-state index contributed by atoms with van der Waals surface area (Å²) >= 11 is 0. The van der Waals surface area contributed by atoms with Crippen molar-refractivity contribution in [2.45, 2.75) is 27.2 Å². The standard InChI is InChI=1S/C16H21N3O3/c1-10(2)6-12(16(21)22)8-17-15(20)13-9-19-5-4-11(3)7-14(19)18-13/h4-5,7,9-10,12H,6,8H2,1-3H3,(H,17,20)(H,21,22). The first kappa shape index (κ1) is 16.0. The number of carboxylic acids is 1. The van der Waals surface area contributed by atoms with E-state index in [1.807, 2.05) is 39.1 Å². The van der Waals surface area contributed by atoms with Gasteiger partial charge in [-0.15, -0.1) is 0 Å². The van der Waals surface area contributed by atoms with Gasteiger partial charge in [-0.05, 0) is 37.0 Å². The molecule has 6 nitrogen and oxygen atoms in total. The third-order valence-electron chi connectivity index (χ3n) is 3.46. The van der Waals surface area contributed by atoms with Crippen molar-refractivity contribution >= 4 is 17.5 Å². The molecule has 0 radical (unpaired) electrons. The molecule has 2 heterocycles. The number of carbonyl (C=O) groups excluding carboxylic acids is 1. The molecule has 0 bridgehead atoms. The lowest BCUT2D eigenvalue weighted by Crippen LogP contribution is -2.33. The van der Waals surface area contributed by atoms with Crippen LogP contribution in [0.1, 0.15) is 36.3 Å². The molecule has 22 heavy (non-hydrogen) atoms. The van der Waals surface area contributed by atoms with E-state index in [2.05, 4.69) is 10.3 Å². The number of aromatic nitrogens is 2. The zero-order valence-electron chi connectivity index (χ0n) is 13.0. The average Bonchev–Trinajstić information content (AvgIpc) is 2.85. The zero-order valence-corrected chi connectivity index (χ0v) is 13.0. The second-order valence-electron chi connectivity index (χ2n) is 5.97. The molecule has 1 unspecified atom stereocenters. The van der Waals surface area contributed by atoms with Crippen LogP contribution in [0.15, 0.2) is 24.5 Å². The molecule has 2 aromatic rings. The molecule has 0 fully saturated rings. The molecular weight excluding hydrogens is 282 g/mol. The minimum absolute atomic E-state index is 0.110. The van der Waals surface area contributed by atoms with E-state index >= 15 is 0 Å². The molecule has 2 N–H and O–H groups in total. The molecule has 2 aromatic heterocycles. The number of fused-ring (bicyclic) bond motifs is 1. The van der Waals surface area contributed by atoms with Gasteiger partial charge in [-0.2, -0.15) is 0 Å². The molecule has 1 atom stereocenters. The number of pyridine rings is 1. The van der Waals surface area contributed by atoms with E-state index in [1.54, 1.807) is 10.6 Å². The van der Waals surface area contributed by atoms with Gasteiger partial charge in [-0.25, -0.2) is 4.98 Å². The topological polar surface area (TPSA) is 83.7 Å². The van der Waals surface area contributed by atoms with E-state index in [-0.39, 0.29) is 18.4 Å². The largest absolute Gasteiger partial charge is 0.481 e. The molecule has 0 aliphatic rings. The van der Waals surface area contributed by atoms with Crippen LogP contribution >= 0.6 is 0 Å². The Labute approximate surface area is 129 Å². The summed E-state index contributed by atoms with van der Waals surface area (Å²) in [6.07, 6.45) is 4.01. The normalized spacial score (nSPS) is 12.5. The quantitative estimate of drug-likeness (QED) is 0.856. The summed E-state index contributed by atoms with van der Waals surface area (Å²) < 4.78 is 1.77. The lowest BCUT2D eigenvalue weighted by atomic mass is 9.97. The highest BCUT2D eigenvalue weighted by Crippen LogP contribution is 2.12. The van der Waals surface area contributed by atoms with Gasteiger partial charge in [-0.1, -0.05) is 13.8 Å². The number of nitrogens with zero attached hydrogens (tertiary/aromatic N) is 2. The minimum Gasteiger partial charge on any atom is -0.481 e. The van der Waals surface area contributed by atoms with Gasteiger partial charge in [0.05, 0.1) is 5.92 Å². The predicted molar refractivity (Wildman–Crippen MR) is 82.8 cm³/mol. The van der Waals surface area contributed by atoms with Gasteiger partial charge in [0, 0.05) is 18.9 Å². The SMILES string of the molecule is Cc1ccn2cc(C(=O)NCC(CC(C)C)C(=O)O)nc2c1. The van der Waals surface area contributed by atoms with Crippen molar-refractivity contribution in [3.05, 3.63) is 35.8 Å². The number of aliphatic carboxylic acids is 1. The number of rotatable bonds is 6. The van der Waals surface area contributed by atoms with E-state index in [4.69, 9.17) is 0 Å². The molecule has 6 heteroatoms. The summed E-state index contributed by atoms with van der Waals surface area (Å²) in [5, 5.41) is 11.8. The fourth-order valence-corrected chi connectivity index (χ4v) is 2.34. The summed E-state index contributed by atoms with van der Waals surface area (Å²) in [5.74, 6) is -1.56. The van der Waals surface area contributed by atoms with Gasteiger partial charge in [0.15, 0.2) is 0 Å². The second kappa shape index (κ2) is 6.60. The van der Waals surface area contributed by atoms with E-state index in [0.29, 0.717) is 17.8 Å². The van der Waals surface area contributed by atoms with Crippen molar-refractivity contribution in [2.24, 2.45) is 11.8 Å². The number of nitrogens with one attached hydrogen (secondary N) is 1. The van der Waals surface area contributed by atoms with Gasteiger partial charge >= 0.3 is 5.97 Å². The van der Waals surface area contributed by atoms with Crippen molar-refractivity contribution in [3.8, 4) is 0 Å². The highest BCUT2D eigenvalue weighted by Gasteiger charge is 2.20. The molecule has 0 saturated heterocycles. The zero-order chi connectivity index (χ0) is 16.3. The molecule has 0 spiro atoms. The molecule has 2 rings (SSSR count). The molecule has 0 aliphatic heterocycles. The van der Waals surface area contributed by atoms with Crippen LogP contribution in [0.4, 0.5) is 0 Å². The Morgan fingerprint density at radius 2 is 2.14 bits per heavy atom. The van der Waals surface area contributed by atoms with Crippen molar-refractivity contribution < 1.29 is 14.7 Å². The maximum absolute atomic E-state index is 12.1. The van der Waals surface area contributed by atoms with E-state index in [9.17, 15) is 14.7 Å². The van der Waals surface area contributed by atoms with Crippen LogP contribution in [0.25, 0.3) is 5.65 Å². The van der Waals surface area contributed by atoms with Gasteiger partial charge < -0.3 is 14.8 Å². The van der Waals surface area contributed by atoms with E-state index in [1.165, 1.54) is 0 Å². The number of amides is 1. The first-order chi connectivity index (χ1) is 10.4. The van der Waals surface area contributed by atoms with Gasteiger partial charge in [0.25, 0.3) is 5.91 Å². The Kier molecular flexibility index (Phi) is 4.80. The molecule has 118 valence electrons. The van der Waals surface area contributed by atoms with Crippen molar-refractivity contribution in [2.75, 3.05) is 6.54 Å². The number of imidazole rings is 1. The highest BCUT2D eigenvalue weighted by molar-refractivity contribution is 5.93. The Hall–Kier alpha value is -2.37. The van der Waals surface area contributed by atoms with Crippen molar-refractivity contribution in [3.63, 3.8) is 0 Å². The fourth-order valence-electron chi connectivity index (χ4n) is 2.34. The summed E-state index contributed by atoms with van der Waals surface area (Å²) in [7, 11) is 0. The number of hydrogen-bond acceptors (Lipinski definition) is 3. The summed E-state index contributed by atoms with van der Waals surface area (Å²) in [4.78, 5) is 27.6. The monoisotopic (exact) mass is 303 g/mol. The van der Waals surface area contributed by atoms with Crippen LogP contribution in [-0.4, -0.2) is 32.9 Å². The summed E-state index contributed by atoms with van der Waals surface area (Å²) in [6, 6.07) is 3.81. The van der Waals surface area contributed by atoms with Crippen LogP contribution < -0.4 is 5.32 Å². The van der Waals surface area contributed by atoms with Crippen molar-refractivity contribution in [1.82, 2.24) is 14.7 Å². The lowest BCUT2D eigenvalue weighted by Gasteiger charge is -2.14. The van der Waals surface area contributed by atoms with Crippen LogP contribution in [-0.2, 0) is 4.79 Å². The van der Waals surface area contributed by atoms with Crippen LogP contribution in [0.5, 0.6) is 0 Å². The third kappa shape index (κ3) is 3.84. The molecular formula is C16H21N3O3. The minimum atomic E-state index is -0.889. The van der Waals surface area contributed by atoms with Gasteiger partial charge in [0.1, 0.15) is 11.3 Å². The van der Waals surface area contributed by atoms with Crippen molar-refractivity contribution in [1.29, 1.82) is 0 Å². The Bertz CT molecular complexity index is 691. The average molecular weight is 303 g/mol. The van der Waals surface area contributed by atoms with E-state index in [0.717, 1.165) is 5.56 Å². The molecule has 0 aliphatic carbocycles. The summed E-state index contributed by atoms with van der Waals surface area (Å²) in [5.41, 5.74) is 2.05. The van der Waals surface area contributed by atoms with Gasteiger partial charge in [0.2, 0.25) is 0 Å². The first-order valence-corrected chi connectivity index (χ1v) is 7.33. The Morgan fingerprint density at radius 3 is 2.77 bits per heavy atom. The maximum atomic E-state index is 12.1. The second-order valence-corrected chi connectivity index (χ2v) is 5.97. The molecule has 0 aromatic carbocycles. The van der Waals surface area contributed by atoms with Crippen LogP contribution in [0.3, 0.4) is 0 Å². The number of hydrogen-bond donors (Lipinski definition) is 2. The van der Waals surface area contributed by atoms with Crippen LogP contribution in [0, 0.1) is 18.8 Å². The smallest absolute Gasteiger partial charge is 0.308 e. The third-order valence-corrected chi connectivity index (χ3v) is 3.46. The Morgan fingerprint density at radius 1 is 1.41 bits per heavy atom. The number of carbonyl (C=O) groups is 2. The molecule has 0 saturated carbocycles. The summed E-state index contributed by atoms with van der Waals surface area (Å²) in [6.45, 7) is 5.99. The fraction of sp³-hybridized carbons (Fsp3) is 0.438.